The summed E-state index contributed by atoms with van der Waals surface area (Å²) in [6.45, 7) is 0.770. The van der Waals surface area contributed by atoms with Crippen LogP contribution in [0.3, 0.4) is 0 Å². The third kappa shape index (κ3) is 2.54. The molecule has 0 aliphatic carbocycles. The van der Waals surface area contributed by atoms with Gasteiger partial charge >= 0.3 is 0 Å². The summed E-state index contributed by atoms with van der Waals surface area (Å²) in [7, 11) is 0. The van der Waals surface area contributed by atoms with Crippen LogP contribution >= 0.6 is 11.6 Å². The zero-order chi connectivity index (χ0) is 13.9. The number of hydrogen-bond acceptors (Lipinski definition) is 2. The zero-order valence-corrected chi connectivity index (χ0v) is 11.8. The largest absolute Gasteiger partial charge is 0.330 e. The van der Waals surface area contributed by atoms with E-state index in [1.165, 1.54) is 5.56 Å². The van der Waals surface area contributed by atoms with E-state index in [9.17, 15) is 4.79 Å². The second kappa shape index (κ2) is 5.63. The first-order valence-electron chi connectivity index (χ1n) is 6.74. The van der Waals surface area contributed by atoms with Crippen molar-refractivity contribution in [3.63, 3.8) is 0 Å². The highest BCUT2D eigenvalue weighted by Gasteiger charge is 2.31. The number of carbonyl (C=O) groups is 1. The Morgan fingerprint density at radius 3 is 2.70 bits per heavy atom. The highest BCUT2D eigenvalue weighted by Crippen LogP contribution is 2.32. The Morgan fingerprint density at radius 2 is 1.95 bits per heavy atom. The van der Waals surface area contributed by atoms with Crippen molar-refractivity contribution in [1.29, 1.82) is 0 Å². The van der Waals surface area contributed by atoms with Crippen LogP contribution in [-0.2, 0) is 0 Å². The number of benzene rings is 1. The molecule has 1 amide bonds. The summed E-state index contributed by atoms with van der Waals surface area (Å²) < 4.78 is 0. The van der Waals surface area contributed by atoms with Crippen LogP contribution in [0.4, 0.5) is 0 Å². The smallest absolute Gasteiger partial charge is 0.273 e. The molecule has 2 aromatic rings. The maximum atomic E-state index is 12.6. The summed E-state index contributed by atoms with van der Waals surface area (Å²) >= 11 is 5.87. The van der Waals surface area contributed by atoms with E-state index in [-0.39, 0.29) is 11.9 Å². The van der Waals surface area contributed by atoms with E-state index in [1.54, 1.807) is 18.2 Å². The molecule has 1 aromatic heterocycles. The predicted molar refractivity (Wildman–Crippen MR) is 78.7 cm³/mol. The molecule has 1 aliphatic rings. The zero-order valence-electron chi connectivity index (χ0n) is 11.0. The molecule has 1 saturated heterocycles. The first kappa shape index (κ1) is 13.1. The van der Waals surface area contributed by atoms with Crippen molar-refractivity contribution >= 4 is 17.5 Å². The molecule has 1 fully saturated rings. The van der Waals surface area contributed by atoms with Gasteiger partial charge in [-0.05, 0) is 30.5 Å². The van der Waals surface area contributed by atoms with Crippen molar-refractivity contribution in [1.82, 2.24) is 9.88 Å². The van der Waals surface area contributed by atoms with Gasteiger partial charge in [-0.3, -0.25) is 4.79 Å². The number of carbonyl (C=O) groups excluding carboxylic acids is 1. The van der Waals surface area contributed by atoms with E-state index in [4.69, 9.17) is 11.6 Å². The number of likely N-dealkylation sites (tertiary alicyclic amines) is 1. The van der Waals surface area contributed by atoms with Gasteiger partial charge < -0.3 is 4.90 Å². The predicted octanol–water partition coefficient (Wildman–Crippen LogP) is 3.71. The molecule has 4 heteroatoms. The van der Waals surface area contributed by atoms with Crippen LogP contribution in [0, 0.1) is 0 Å². The van der Waals surface area contributed by atoms with Gasteiger partial charge in [-0.15, -0.1) is 0 Å². The number of nitrogens with zero attached hydrogens (tertiary/aromatic N) is 2. The Hall–Kier alpha value is -1.87. The van der Waals surface area contributed by atoms with Crippen LogP contribution in [0.25, 0.3) is 0 Å². The van der Waals surface area contributed by atoms with Gasteiger partial charge in [0, 0.05) is 6.54 Å². The third-order valence-corrected chi connectivity index (χ3v) is 3.84. The molecule has 3 nitrogen and oxygen atoms in total. The molecule has 1 aromatic carbocycles. The second-order valence-corrected chi connectivity index (χ2v) is 5.30. The van der Waals surface area contributed by atoms with E-state index in [0.29, 0.717) is 10.8 Å². The lowest BCUT2D eigenvalue weighted by Gasteiger charge is -2.24. The van der Waals surface area contributed by atoms with Crippen molar-refractivity contribution in [3.05, 3.63) is 64.9 Å². The van der Waals surface area contributed by atoms with E-state index >= 15 is 0 Å². The Bertz CT molecular complexity index is 615. The average molecular weight is 287 g/mol. The lowest BCUT2D eigenvalue weighted by atomic mass is 10.0. The van der Waals surface area contributed by atoms with Gasteiger partial charge in [-0.2, -0.15) is 0 Å². The monoisotopic (exact) mass is 286 g/mol. The fourth-order valence-corrected chi connectivity index (χ4v) is 2.87. The van der Waals surface area contributed by atoms with Crippen LogP contribution < -0.4 is 0 Å². The molecule has 1 atom stereocenters. The molecule has 0 saturated carbocycles. The number of rotatable bonds is 2. The Labute approximate surface area is 123 Å². The molecule has 0 N–H and O–H groups in total. The minimum absolute atomic E-state index is 0.0427. The Morgan fingerprint density at radius 1 is 1.15 bits per heavy atom. The van der Waals surface area contributed by atoms with Gasteiger partial charge in [-0.25, -0.2) is 4.98 Å². The summed E-state index contributed by atoms with van der Waals surface area (Å²) in [5.41, 5.74) is 1.60. The molecule has 2 heterocycles. The summed E-state index contributed by atoms with van der Waals surface area (Å²) in [4.78, 5) is 18.6. The minimum Gasteiger partial charge on any atom is -0.330 e. The summed E-state index contributed by atoms with van der Waals surface area (Å²) in [6, 6.07) is 15.4. The SMILES string of the molecule is O=C(c1cccc(Cl)n1)N1CCCC1c1ccccc1. The summed E-state index contributed by atoms with van der Waals surface area (Å²) in [6.07, 6.45) is 2.02. The van der Waals surface area contributed by atoms with Crippen LogP contribution in [-0.4, -0.2) is 22.3 Å². The van der Waals surface area contributed by atoms with E-state index < -0.39 is 0 Å². The van der Waals surface area contributed by atoms with Crippen molar-refractivity contribution in [2.75, 3.05) is 6.54 Å². The lowest BCUT2D eigenvalue weighted by molar-refractivity contribution is 0.0729. The van der Waals surface area contributed by atoms with Crippen molar-refractivity contribution in [3.8, 4) is 0 Å². The molecule has 1 unspecified atom stereocenters. The van der Waals surface area contributed by atoms with E-state index in [2.05, 4.69) is 17.1 Å². The van der Waals surface area contributed by atoms with Gasteiger partial charge in [0.25, 0.3) is 5.91 Å². The molecule has 20 heavy (non-hydrogen) atoms. The molecule has 0 spiro atoms. The molecule has 1 aliphatic heterocycles. The summed E-state index contributed by atoms with van der Waals surface area (Å²) in [5, 5.41) is 0.353. The summed E-state index contributed by atoms with van der Waals surface area (Å²) in [5.74, 6) is -0.0427. The van der Waals surface area contributed by atoms with Crippen molar-refractivity contribution < 1.29 is 4.79 Å². The number of amides is 1. The molecular weight excluding hydrogens is 272 g/mol. The standard InChI is InChI=1S/C16H15ClN2O/c17-15-10-4-8-13(18-15)16(20)19-11-5-9-14(19)12-6-2-1-3-7-12/h1-4,6-8,10,14H,5,9,11H2. The van der Waals surface area contributed by atoms with Gasteiger partial charge in [0.05, 0.1) is 6.04 Å². The molecule has 0 radical (unpaired) electrons. The highest BCUT2D eigenvalue weighted by molar-refractivity contribution is 6.29. The van der Waals surface area contributed by atoms with Gasteiger partial charge in [0.15, 0.2) is 0 Å². The number of halogens is 1. The fraction of sp³-hybridized carbons (Fsp3) is 0.250. The Kier molecular flexibility index (Phi) is 3.70. The van der Waals surface area contributed by atoms with Gasteiger partial charge in [0.1, 0.15) is 10.8 Å². The molecule has 102 valence electrons. The van der Waals surface area contributed by atoms with Crippen molar-refractivity contribution in [2.24, 2.45) is 0 Å². The molecular formula is C16H15ClN2O. The average Bonchev–Trinajstić information content (AvgIpc) is 2.97. The third-order valence-electron chi connectivity index (χ3n) is 3.63. The van der Waals surface area contributed by atoms with Crippen LogP contribution in [0.2, 0.25) is 5.15 Å². The molecule has 0 bridgehead atoms. The second-order valence-electron chi connectivity index (χ2n) is 4.91. The number of pyridine rings is 1. The van der Waals surface area contributed by atoms with E-state index in [0.717, 1.165) is 19.4 Å². The van der Waals surface area contributed by atoms with Crippen LogP contribution in [0.5, 0.6) is 0 Å². The normalized spacial score (nSPS) is 18.2. The first-order chi connectivity index (χ1) is 9.75. The quantitative estimate of drug-likeness (QED) is 0.789. The first-order valence-corrected chi connectivity index (χ1v) is 7.12. The lowest BCUT2D eigenvalue weighted by Crippen LogP contribution is -2.31. The maximum absolute atomic E-state index is 12.6. The maximum Gasteiger partial charge on any atom is 0.273 e. The Balaban J connectivity index is 1.87. The fourth-order valence-electron chi connectivity index (χ4n) is 2.71. The number of aromatic nitrogens is 1. The topological polar surface area (TPSA) is 33.2 Å². The van der Waals surface area contributed by atoms with Crippen LogP contribution in [0.15, 0.2) is 48.5 Å². The van der Waals surface area contributed by atoms with Crippen LogP contribution in [0.1, 0.15) is 34.9 Å². The highest BCUT2D eigenvalue weighted by atomic mass is 35.5. The van der Waals surface area contributed by atoms with Gasteiger partial charge in [0.2, 0.25) is 0 Å². The van der Waals surface area contributed by atoms with Gasteiger partial charge in [-0.1, -0.05) is 48.0 Å². The minimum atomic E-state index is -0.0427. The number of hydrogen-bond donors (Lipinski definition) is 0. The molecule has 3 rings (SSSR count). The van der Waals surface area contributed by atoms with Crippen molar-refractivity contribution in [2.45, 2.75) is 18.9 Å². The van der Waals surface area contributed by atoms with E-state index in [1.807, 2.05) is 23.1 Å².